The summed E-state index contributed by atoms with van der Waals surface area (Å²) < 4.78 is 0. The number of rotatable bonds is 83. The lowest BCUT2D eigenvalue weighted by Gasteiger charge is -2.33. The third kappa shape index (κ3) is 54.6. The molecule has 7 N–H and O–H groups in total. The first-order valence-corrected chi connectivity index (χ1v) is 52.3. The van der Waals surface area contributed by atoms with E-state index in [1.54, 1.807) is 9.80 Å². The highest BCUT2D eigenvalue weighted by Gasteiger charge is 2.34. The van der Waals surface area contributed by atoms with Crippen LogP contribution in [0.15, 0.2) is 121 Å². The van der Waals surface area contributed by atoms with E-state index in [-0.39, 0.29) is 123 Å². The number of primary amides is 1. The number of carbonyl (C=O) groups excluding carboxylic acids is 11. The van der Waals surface area contributed by atoms with Gasteiger partial charge in [-0.2, -0.15) is 0 Å². The standard InChI is InChI=1S/C108H180N16O11/c1-8-13-18-22-26-30-34-50-70-115(83-98(111)125)100(127)85-116(71-51-35-31-27-23-19-14-9-2)101(128)86-117(72-52-36-32-28-24-20-15-10-3)102(129)87-118(73-53-37-33-29-25-21-16-11-4)103(130)88-119(74-62-94-54-42-38-43-55-94)104(131)89-121(76-64-96-58-46-40-47-59-96)107(134)93-124(79-67-110)108(135)91-122(77-65-97-60-48-41-49-61-97)105(132)90-120(75-63-95-56-44-39-45-57-95)106(133)92-123(78-66-109)99(126)84-113(7)81-82-114(69-17-12-5)80-68-112-6/h38-49,54-61,112H,8-37,50-53,62-93,109-110H2,1-7H3,(H2,111,125). The first kappa shape index (κ1) is 118. The average Bonchev–Trinajstić information content (AvgIpc) is 0.853. The summed E-state index contributed by atoms with van der Waals surface area (Å²) in [5.74, 6) is -5.40. The molecule has 0 atom stereocenters. The van der Waals surface area contributed by atoms with E-state index in [1.807, 2.05) is 140 Å². The molecule has 0 heterocycles. The number of nitrogens with two attached hydrogens (primary N) is 3. The molecule has 4 aromatic rings. The molecule has 0 aliphatic heterocycles. The van der Waals surface area contributed by atoms with Crippen molar-refractivity contribution < 1.29 is 52.7 Å². The second-order valence-corrected chi connectivity index (χ2v) is 37.1. The summed E-state index contributed by atoms with van der Waals surface area (Å²) in [5, 5.41) is 3.23. The number of nitrogens with zero attached hydrogens (tertiary/aromatic N) is 12. The van der Waals surface area contributed by atoms with Crippen LogP contribution in [0.25, 0.3) is 0 Å². The van der Waals surface area contributed by atoms with Gasteiger partial charge in [-0.05, 0) is 101 Å². The quantitative estimate of drug-likeness (QED) is 0.0299. The molecule has 11 amide bonds. The van der Waals surface area contributed by atoms with Crippen molar-refractivity contribution in [1.29, 1.82) is 0 Å². The van der Waals surface area contributed by atoms with E-state index in [0.29, 0.717) is 64.5 Å². The molecule has 135 heavy (non-hydrogen) atoms. The zero-order chi connectivity index (χ0) is 98.1. The molecule has 0 aromatic heterocycles. The van der Waals surface area contributed by atoms with Crippen molar-refractivity contribution in [3.63, 3.8) is 0 Å². The summed E-state index contributed by atoms with van der Waals surface area (Å²) in [5.41, 5.74) is 21.9. The lowest BCUT2D eigenvalue weighted by atomic mass is 10.1. The van der Waals surface area contributed by atoms with E-state index in [1.165, 1.54) is 58.5 Å². The maximum atomic E-state index is 15.7. The SMILES string of the molecule is CCCCCCCCCCN(CC(N)=O)C(=O)CN(CCCCCCCCCC)C(=O)CN(CCCCCCCCCC)C(=O)CN(CCCCCCCCCC)C(=O)CN(CCc1ccccc1)C(=O)CN(CCc1ccccc1)C(=O)CN(CCN)C(=O)CN(CCc1ccccc1)C(=O)CN(CCc1ccccc1)C(=O)CN(CCN)C(=O)CN(C)CCN(CCCC)CCNC. The summed E-state index contributed by atoms with van der Waals surface area (Å²) in [6, 6.07) is 38.2. The van der Waals surface area contributed by atoms with Crippen molar-refractivity contribution in [1.82, 2.24) is 64.1 Å². The Morgan fingerprint density at radius 2 is 0.437 bits per heavy atom. The fraction of sp³-hybridized carbons (Fsp3) is 0.676. The Hall–Kier alpha value is -9.15. The van der Waals surface area contributed by atoms with Gasteiger partial charge in [0.1, 0.15) is 0 Å². The van der Waals surface area contributed by atoms with Crippen molar-refractivity contribution in [2.75, 3.05) is 197 Å². The van der Waals surface area contributed by atoms with Gasteiger partial charge < -0.3 is 76.4 Å². The van der Waals surface area contributed by atoms with Gasteiger partial charge in [-0.15, -0.1) is 0 Å². The predicted octanol–water partition coefficient (Wildman–Crippen LogP) is 13.5. The molecule has 0 saturated heterocycles. The molecule has 0 saturated carbocycles. The number of hydrogen-bond acceptors (Lipinski definition) is 16. The largest absolute Gasteiger partial charge is 0.368 e. The number of hydrogen-bond donors (Lipinski definition) is 4. The number of carbonyl (C=O) groups is 11. The first-order valence-electron chi connectivity index (χ1n) is 52.3. The Balaban J connectivity index is 1.77. The molecule has 0 unspecified atom stereocenters. The predicted molar refractivity (Wildman–Crippen MR) is 547 cm³/mol. The van der Waals surface area contributed by atoms with E-state index in [9.17, 15) is 19.2 Å². The van der Waals surface area contributed by atoms with Gasteiger partial charge in [-0.25, -0.2) is 0 Å². The maximum absolute atomic E-state index is 15.7. The van der Waals surface area contributed by atoms with Gasteiger partial charge in [-0.1, -0.05) is 342 Å². The van der Waals surface area contributed by atoms with Crippen LogP contribution < -0.4 is 22.5 Å². The van der Waals surface area contributed by atoms with E-state index < -0.39 is 85.9 Å². The number of nitrogens with one attached hydrogen (secondary N) is 1. The van der Waals surface area contributed by atoms with Gasteiger partial charge in [0.15, 0.2) is 0 Å². The van der Waals surface area contributed by atoms with Crippen molar-refractivity contribution >= 4 is 65.0 Å². The Morgan fingerprint density at radius 3 is 0.659 bits per heavy atom. The van der Waals surface area contributed by atoms with Gasteiger partial charge >= 0.3 is 0 Å². The first-order chi connectivity index (χ1) is 65.6. The molecule has 0 spiro atoms. The molecule has 0 aliphatic carbocycles. The van der Waals surface area contributed by atoms with Crippen LogP contribution in [0.4, 0.5) is 0 Å². The second-order valence-electron chi connectivity index (χ2n) is 37.1. The van der Waals surface area contributed by atoms with Crippen LogP contribution in [0.5, 0.6) is 0 Å². The van der Waals surface area contributed by atoms with Gasteiger partial charge in [0.25, 0.3) is 0 Å². The second kappa shape index (κ2) is 75.9. The Morgan fingerprint density at radius 1 is 0.230 bits per heavy atom. The van der Waals surface area contributed by atoms with E-state index in [2.05, 4.69) is 44.8 Å². The van der Waals surface area contributed by atoms with Crippen LogP contribution in [0.3, 0.4) is 0 Å². The molecule has 0 radical (unpaired) electrons. The monoisotopic (exact) mass is 1880 g/mol. The van der Waals surface area contributed by atoms with Crippen LogP contribution >= 0.6 is 0 Å². The Bertz CT molecular complexity index is 3830. The molecule has 758 valence electrons. The summed E-state index contributed by atoms with van der Waals surface area (Å²) >= 11 is 0. The van der Waals surface area contributed by atoms with Crippen molar-refractivity contribution in [2.24, 2.45) is 17.2 Å². The van der Waals surface area contributed by atoms with Crippen molar-refractivity contribution in [2.45, 2.75) is 279 Å². The molecule has 0 fully saturated rings. The summed E-state index contributed by atoms with van der Waals surface area (Å²) in [6.07, 6.45) is 35.6. The third-order valence-electron chi connectivity index (χ3n) is 25.5. The van der Waals surface area contributed by atoms with Crippen molar-refractivity contribution in [3.8, 4) is 0 Å². The van der Waals surface area contributed by atoms with Gasteiger partial charge in [0, 0.05) is 105 Å². The minimum absolute atomic E-state index is 0.0243. The third-order valence-corrected chi connectivity index (χ3v) is 25.5. The van der Waals surface area contributed by atoms with E-state index in [0.717, 1.165) is 222 Å². The molecular formula is C108H180N16O11. The van der Waals surface area contributed by atoms with Crippen LogP contribution in [-0.4, -0.2) is 321 Å². The number of benzene rings is 4. The van der Waals surface area contributed by atoms with Gasteiger partial charge in [0.05, 0.1) is 72.0 Å². The maximum Gasteiger partial charge on any atom is 0.242 e. The average molecular weight is 1880 g/mol. The van der Waals surface area contributed by atoms with Crippen LogP contribution in [-0.2, 0) is 78.4 Å². The van der Waals surface area contributed by atoms with E-state index in [4.69, 9.17) is 17.2 Å². The topological polar surface area (TPSA) is 317 Å². The molecule has 4 aromatic carbocycles. The minimum Gasteiger partial charge on any atom is -0.368 e. The van der Waals surface area contributed by atoms with Crippen molar-refractivity contribution in [3.05, 3.63) is 144 Å². The Kier molecular flexibility index (Phi) is 66.4. The van der Waals surface area contributed by atoms with Crippen LogP contribution in [0.1, 0.15) is 275 Å². The van der Waals surface area contributed by atoms with Gasteiger partial charge in [-0.3, -0.25) is 57.6 Å². The highest BCUT2D eigenvalue weighted by Crippen LogP contribution is 2.19. The highest BCUT2D eigenvalue weighted by atomic mass is 16.2. The Labute approximate surface area is 814 Å². The van der Waals surface area contributed by atoms with Crippen LogP contribution in [0.2, 0.25) is 0 Å². The van der Waals surface area contributed by atoms with E-state index >= 15 is 33.6 Å². The number of unbranched alkanes of at least 4 members (excludes halogenated alkanes) is 29. The minimum atomic E-state index is -0.638. The fourth-order valence-corrected chi connectivity index (χ4v) is 16.9. The molecule has 0 bridgehead atoms. The molecular weight excluding hydrogens is 1700 g/mol. The molecule has 27 heteroatoms. The normalized spacial score (nSPS) is 11.3. The molecule has 0 aliphatic rings. The van der Waals surface area contributed by atoms with Gasteiger partial charge in [0.2, 0.25) is 65.0 Å². The summed E-state index contributed by atoms with van der Waals surface area (Å²) in [4.78, 5) is 184. The zero-order valence-electron chi connectivity index (χ0n) is 84.8. The molecule has 27 nitrogen and oxygen atoms in total. The summed E-state index contributed by atoms with van der Waals surface area (Å²) in [6.45, 7) is 12.2. The number of likely N-dealkylation sites (N-methyl/N-ethyl adjacent to an activating group) is 2. The zero-order valence-corrected chi connectivity index (χ0v) is 84.8. The number of amides is 11. The lowest BCUT2D eigenvalue weighted by molar-refractivity contribution is -0.149. The fourth-order valence-electron chi connectivity index (χ4n) is 16.9. The lowest BCUT2D eigenvalue weighted by Crippen LogP contribution is -2.54. The highest BCUT2D eigenvalue weighted by molar-refractivity contribution is 5.95. The van der Waals surface area contributed by atoms with Crippen LogP contribution in [0, 0.1) is 0 Å². The molecule has 4 rings (SSSR count). The smallest absolute Gasteiger partial charge is 0.242 e. The summed E-state index contributed by atoms with van der Waals surface area (Å²) in [7, 11) is 3.82.